The second kappa shape index (κ2) is 7.90. The quantitative estimate of drug-likeness (QED) is 0.687. The number of carbonyl (C=O) groups is 1. The van der Waals surface area contributed by atoms with E-state index in [1.807, 2.05) is 6.07 Å². The van der Waals surface area contributed by atoms with E-state index in [1.165, 1.54) is 60.7 Å². The van der Waals surface area contributed by atoms with E-state index in [9.17, 15) is 17.6 Å². The van der Waals surface area contributed by atoms with Crippen molar-refractivity contribution in [2.45, 2.75) is 4.90 Å². The van der Waals surface area contributed by atoms with Gasteiger partial charge in [-0.05, 0) is 54.6 Å². The predicted molar refractivity (Wildman–Crippen MR) is 103 cm³/mol. The van der Waals surface area contributed by atoms with Crippen molar-refractivity contribution in [2.24, 2.45) is 0 Å². The number of nitrogens with zero attached hydrogens (tertiary/aromatic N) is 1. The highest BCUT2D eigenvalue weighted by Gasteiger charge is 2.18. The molecule has 140 valence electrons. The van der Waals surface area contributed by atoms with E-state index in [-0.39, 0.29) is 21.7 Å². The molecule has 0 saturated heterocycles. The van der Waals surface area contributed by atoms with Crippen LogP contribution in [-0.2, 0) is 10.0 Å². The minimum atomic E-state index is -4.01. The minimum absolute atomic E-state index is 0.112. The number of carbonyl (C=O) groups excluding carboxylic acids is 1. The third kappa shape index (κ3) is 4.34. The van der Waals surface area contributed by atoms with Crippen LogP contribution in [-0.4, -0.2) is 14.3 Å². The van der Waals surface area contributed by atoms with Gasteiger partial charge in [-0.25, -0.2) is 12.8 Å². The smallest absolute Gasteiger partial charge is 0.261 e. The molecule has 0 radical (unpaired) electrons. The van der Waals surface area contributed by atoms with Crippen molar-refractivity contribution in [1.29, 1.82) is 5.26 Å². The van der Waals surface area contributed by atoms with E-state index in [1.54, 1.807) is 12.1 Å². The lowest BCUT2D eigenvalue weighted by Crippen LogP contribution is -2.16. The van der Waals surface area contributed by atoms with Gasteiger partial charge in [0.2, 0.25) is 0 Å². The average Bonchev–Trinajstić information content (AvgIpc) is 2.70. The summed E-state index contributed by atoms with van der Waals surface area (Å²) in [5.74, 6) is -0.976. The predicted octanol–water partition coefficient (Wildman–Crippen LogP) is 3.75. The van der Waals surface area contributed by atoms with Gasteiger partial charge >= 0.3 is 0 Å². The third-order valence-corrected chi connectivity index (χ3v) is 5.16. The molecule has 0 aliphatic rings. The third-order valence-electron chi connectivity index (χ3n) is 3.80. The van der Waals surface area contributed by atoms with Gasteiger partial charge in [0.25, 0.3) is 15.9 Å². The molecule has 0 aliphatic heterocycles. The van der Waals surface area contributed by atoms with E-state index < -0.39 is 21.7 Å². The first-order chi connectivity index (χ1) is 13.4. The Bertz CT molecular complexity index is 1170. The van der Waals surface area contributed by atoms with Gasteiger partial charge in [-0.15, -0.1) is 0 Å². The molecule has 1 amide bonds. The van der Waals surface area contributed by atoms with Crippen molar-refractivity contribution < 1.29 is 17.6 Å². The number of benzene rings is 3. The fourth-order valence-electron chi connectivity index (χ4n) is 2.41. The summed E-state index contributed by atoms with van der Waals surface area (Å²) in [7, 11) is -4.01. The van der Waals surface area contributed by atoms with Crippen LogP contribution in [0.2, 0.25) is 0 Å². The molecule has 8 heteroatoms. The second-order valence-electron chi connectivity index (χ2n) is 5.75. The van der Waals surface area contributed by atoms with Gasteiger partial charge in [-0.3, -0.25) is 9.52 Å². The van der Waals surface area contributed by atoms with E-state index in [4.69, 9.17) is 5.26 Å². The van der Waals surface area contributed by atoms with Crippen molar-refractivity contribution in [2.75, 3.05) is 10.0 Å². The van der Waals surface area contributed by atoms with Crippen molar-refractivity contribution in [3.05, 3.63) is 89.7 Å². The molecule has 0 saturated carbocycles. The highest BCUT2D eigenvalue weighted by Crippen LogP contribution is 2.20. The van der Waals surface area contributed by atoms with Gasteiger partial charge in [0.15, 0.2) is 0 Å². The van der Waals surface area contributed by atoms with Crippen LogP contribution in [0.25, 0.3) is 0 Å². The molecule has 0 bridgehead atoms. The first kappa shape index (κ1) is 19.1. The van der Waals surface area contributed by atoms with Gasteiger partial charge in [-0.1, -0.05) is 18.2 Å². The van der Waals surface area contributed by atoms with Crippen molar-refractivity contribution in [3.8, 4) is 6.07 Å². The fourth-order valence-corrected chi connectivity index (χ4v) is 3.54. The zero-order chi connectivity index (χ0) is 20.1. The maximum atomic E-state index is 13.0. The van der Waals surface area contributed by atoms with Crippen molar-refractivity contribution in [3.63, 3.8) is 0 Å². The molecule has 3 aromatic rings. The van der Waals surface area contributed by atoms with Crippen LogP contribution < -0.4 is 10.0 Å². The Kier molecular flexibility index (Phi) is 5.38. The Morgan fingerprint density at radius 3 is 2.39 bits per heavy atom. The summed E-state index contributed by atoms with van der Waals surface area (Å²) in [5.41, 5.74) is 0.809. The zero-order valence-electron chi connectivity index (χ0n) is 14.4. The van der Waals surface area contributed by atoms with Gasteiger partial charge in [0.1, 0.15) is 11.9 Å². The van der Waals surface area contributed by atoms with Crippen LogP contribution >= 0.6 is 0 Å². The number of nitriles is 1. The van der Waals surface area contributed by atoms with Gasteiger partial charge in [0, 0.05) is 11.3 Å². The number of hydrogen-bond donors (Lipinski definition) is 2. The molecule has 0 spiro atoms. The summed E-state index contributed by atoms with van der Waals surface area (Å²) >= 11 is 0. The molecule has 28 heavy (non-hydrogen) atoms. The molecule has 0 aromatic heterocycles. The first-order valence-corrected chi connectivity index (χ1v) is 9.56. The van der Waals surface area contributed by atoms with E-state index in [0.717, 1.165) is 0 Å². The molecular weight excluding hydrogens is 381 g/mol. The van der Waals surface area contributed by atoms with Gasteiger partial charge in [-0.2, -0.15) is 5.26 Å². The van der Waals surface area contributed by atoms with Crippen LogP contribution in [0.15, 0.2) is 77.7 Å². The topological polar surface area (TPSA) is 99.1 Å². The molecule has 0 heterocycles. The summed E-state index contributed by atoms with van der Waals surface area (Å²) in [5, 5.41) is 11.7. The standard InChI is InChI=1S/C20H14FN3O3S/c21-16-8-10-17(11-9-16)23-20(25)14-5-3-6-18(12-14)28(26,27)24-19-7-2-1-4-15(19)13-22/h1-12,24H,(H,23,25). The maximum Gasteiger partial charge on any atom is 0.261 e. The highest BCUT2D eigenvalue weighted by molar-refractivity contribution is 7.92. The van der Waals surface area contributed by atoms with Crippen LogP contribution in [0, 0.1) is 17.1 Å². The number of hydrogen-bond acceptors (Lipinski definition) is 4. The summed E-state index contributed by atoms with van der Waals surface area (Å²) in [6.45, 7) is 0. The largest absolute Gasteiger partial charge is 0.322 e. The molecule has 0 unspecified atom stereocenters. The van der Waals surface area contributed by atoms with Gasteiger partial charge < -0.3 is 5.32 Å². The van der Waals surface area contributed by atoms with Crippen molar-refractivity contribution in [1.82, 2.24) is 0 Å². The van der Waals surface area contributed by atoms with Gasteiger partial charge in [0.05, 0.1) is 16.1 Å². The Morgan fingerprint density at radius 2 is 1.68 bits per heavy atom. The van der Waals surface area contributed by atoms with Crippen molar-refractivity contribution >= 4 is 27.3 Å². The number of rotatable bonds is 5. The Hall–Kier alpha value is -3.70. The molecule has 0 atom stereocenters. The molecule has 3 aromatic carbocycles. The van der Waals surface area contributed by atoms with Crippen LogP contribution in [0.1, 0.15) is 15.9 Å². The first-order valence-electron chi connectivity index (χ1n) is 8.08. The van der Waals surface area contributed by atoms with E-state index in [2.05, 4.69) is 10.0 Å². The lowest BCUT2D eigenvalue weighted by molar-refractivity contribution is 0.102. The monoisotopic (exact) mass is 395 g/mol. The summed E-state index contributed by atoms with van der Waals surface area (Å²) in [4.78, 5) is 12.2. The van der Waals surface area contributed by atoms with Crippen LogP contribution in [0.3, 0.4) is 0 Å². The fraction of sp³-hybridized carbons (Fsp3) is 0. The van der Waals surface area contributed by atoms with Crippen LogP contribution in [0.4, 0.5) is 15.8 Å². The number of nitrogens with one attached hydrogen (secondary N) is 2. The van der Waals surface area contributed by atoms with E-state index >= 15 is 0 Å². The summed E-state index contributed by atoms with van der Waals surface area (Å²) in [6, 6.07) is 18.7. The molecular formula is C20H14FN3O3S. The number of sulfonamides is 1. The Morgan fingerprint density at radius 1 is 0.964 bits per heavy atom. The minimum Gasteiger partial charge on any atom is -0.322 e. The van der Waals surface area contributed by atoms with E-state index in [0.29, 0.717) is 5.69 Å². The maximum absolute atomic E-state index is 13.0. The normalized spacial score (nSPS) is 10.7. The SMILES string of the molecule is N#Cc1ccccc1NS(=O)(=O)c1cccc(C(=O)Nc2ccc(F)cc2)c1. The lowest BCUT2D eigenvalue weighted by Gasteiger charge is -2.11. The Labute approximate surface area is 161 Å². The molecule has 6 nitrogen and oxygen atoms in total. The molecule has 2 N–H and O–H groups in total. The zero-order valence-corrected chi connectivity index (χ0v) is 15.2. The van der Waals surface area contributed by atoms with Crippen LogP contribution in [0.5, 0.6) is 0 Å². The summed E-state index contributed by atoms with van der Waals surface area (Å²) in [6.07, 6.45) is 0. The second-order valence-corrected chi connectivity index (χ2v) is 7.43. The summed E-state index contributed by atoms with van der Waals surface area (Å²) < 4.78 is 40.6. The average molecular weight is 395 g/mol. The highest BCUT2D eigenvalue weighted by atomic mass is 32.2. The number of amides is 1. The molecule has 0 aliphatic carbocycles. The Balaban J connectivity index is 1.84. The molecule has 0 fully saturated rings. The number of para-hydroxylation sites is 1. The molecule has 3 rings (SSSR count). The number of halogens is 1. The lowest BCUT2D eigenvalue weighted by atomic mass is 10.2. The number of anilines is 2.